The molecule has 0 saturated carbocycles. The molecule has 18 heavy (non-hydrogen) atoms. The van der Waals surface area contributed by atoms with E-state index in [1.54, 1.807) is 14.0 Å². The van der Waals surface area contributed by atoms with E-state index >= 15 is 0 Å². The van der Waals surface area contributed by atoms with E-state index in [-0.39, 0.29) is 5.78 Å². The van der Waals surface area contributed by atoms with Gasteiger partial charge in [0.05, 0.1) is 17.9 Å². The molecule has 102 valence electrons. The lowest BCUT2D eigenvalue weighted by Gasteiger charge is -2.16. The second kappa shape index (κ2) is 7.45. The van der Waals surface area contributed by atoms with Gasteiger partial charge in [0.15, 0.2) is 5.78 Å². The van der Waals surface area contributed by atoms with Crippen LogP contribution in [-0.4, -0.2) is 55.5 Å². The predicted molar refractivity (Wildman–Crippen MR) is 74.7 cm³/mol. The Morgan fingerprint density at radius 1 is 1.50 bits per heavy atom. The van der Waals surface area contributed by atoms with E-state index in [9.17, 15) is 4.79 Å². The number of ether oxygens (including phenoxy) is 1. The molecule has 0 unspecified atom stereocenters. The van der Waals surface area contributed by atoms with Crippen LogP contribution in [0.1, 0.15) is 23.0 Å². The first-order chi connectivity index (χ1) is 8.56. The van der Waals surface area contributed by atoms with Crippen molar-refractivity contribution in [3.63, 3.8) is 0 Å². The van der Waals surface area contributed by atoms with E-state index in [2.05, 4.69) is 14.6 Å². The molecule has 0 aromatic carbocycles. The number of methoxy groups -OCH3 is 1. The monoisotopic (exact) mass is 271 g/mol. The van der Waals surface area contributed by atoms with Crippen LogP contribution in [0.3, 0.4) is 0 Å². The molecule has 0 radical (unpaired) electrons. The van der Waals surface area contributed by atoms with Crippen molar-refractivity contribution < 1.29 is 9.53 Å². The highest BCUT2D eigenvalue weighted by Gasteiger charge is 2.14. The summed E-state index contributed by atoms with van der Waals surface area (Å²) >= 11 is 1.35. The third-order valence-corrected chi connectivity index (χ3v) is 3.57. The average Bonchev–Trinajstić information content (AvgIpc) is 2.68. The molecule has 1 heterocycles. The standard InChI is InChI=1S/C12H21N3O2S/c1-9-11(10(2)16)12(18-14-9)13-5-6-15(3)7-8-17-4/h13H,5-8H2,1-4H3. The van der Waals surface area contributed by atoms with Crippen molar-refractivity contribution >= 4 is 22.3 Å². The van der Waals surface area contributed by atoms with Gasteiger partial charge >= 0.3 is 0 Å². The highest BCUT2D eigenvalue weighted by atomic mass is 32.1. The molecule has 0 aliphatic carbocycles. The maximum atomic E-state index is 11.5. The van der Waals surface area contributed by atoms with E-state index in [1.807, 2.05) is 14.0 Å². The molecule has 6 heteroatoms. The summed E-state index contributed by atoms with van der Waals surface area (Å²) in [7, 11) is 3.75. The number of aromatic nitrogens is 1. The van der Waals surface area contributed by atoms with Gasteiger partial charge in [0.2, 0.25) is 0 Å². The first-order valence-electron chi connectivity index (χ1n) is 5.94. The Kier molecular flexibility index (Phi) is 6.24. The summed E-state index contributed by atoms with van der Waals surface area (Å²) in [6.45, 7) is 6.77. The molecular formula is C12H21N3O2S. The predicted octanol–water partition coefficient (Wildman–Crippen LogP) is 1.64. The molecule has 0 atom stereocenters. The minimum Gasteiger partial charge on any atom is -0.383 e. The third kappa shape index (κ3) is 4.36. The van der Waals surface area contributed by atoms with Crippen molar-refractivity contribution in [3.05, 3.63) is 11.3 Å². The van der Waals surface area contributed by atoms with Gasteiger partial charge in [-0.1, -0.05) is 0 Å². The van der Waals surface area contributed by atoms with Crippen LogP contribution in [-0.2, 0) is 4.74 Å². The van der Waals surface area contributed by atoms with Gasteiger partial charge in [0.1, 0.15) is 5.00 Å². The zero-order valence-corrected chi connectivity index (χ0v) is 12.3. The normalized spacial score (nSPS) is 10.9. The maximum absolute atomic E-state index is 11.5. The molecule has 0 saturated heterocycles. The van der Waals surface area contributed by atoms with Crippen LogP contribution in [0.15, 0.2) is 0 Å². The molecule has 0 aliphatic heterocycles. The number of aryl methyl sites for hydroxylation is 1. The summed E-state index contributed by atoms with van der Waals surface area (Å²) in [6.07, 6.45) is 0. The SMILES string of the molecule is COCCN(C)CCNc1snc(C)c1C(C)=O. The Hall–Kier alpha value is -0.980. The van der Waals surface area contributed by atoms with Crippen LogP contribution in [0, 0.1) is 6.92 Å². The van der Waals surface area contributed by atoms with Crippen molar-refractivity contribution in [2.75, 3.05) is 45.7 Å². The highest BCUT2D eigenvalue weighted by Crippen LogP contribution is 2.24. The van der Waals surface area contributed by atoms with Crippen LogP contribution in [0.5, 0.6) is 0 Å². The summed E-state index contributed by atoms with van der Waals surface area (Å²) in [5.74, 6) is 0.0662. The minimum atomic E-state index is 0.0662. The first kappa shape index (κ1) is 15.1. The maximum Gasteiger partial charge on any atom is 0.164 e. The van der Waals surface area contributed by atoms with Gasteiger partial charge in [0, 0.05) is 26.7 Å². The number of ketones is 1. The third-order valence-electron chi connectivity index (χ3n) is 2.67. The summed E-state index contributed by atoms with van der Waals surface area (Å²) in [4.78, 5) is 13.7. The van der Waals surface area contributed by atoms with Gasteiger partial charge in [0.25, 0.3) is 0 Å². The lowest BCUT2D eigenvalue weighted by atomic mass is 10.2. The van der Waals surface area contributed by atoms with Crippen LogP contribution < -0.4 is 5.32 Å². The lowest BCUT2D eigenvalue weighted by molar-refractivity contribution is 0.101. The van der Waals surface area contributed by atoms with Gasteiger partial charge in [-0.3, -0.25) is 4.79 Å². The largest absolute Gasteiger partial charge is 0.383 e. The lowest BCUT2D eigenvalue weighted by Crippen LogP contribution is -2.28. The Morgan fingerprint density at radius 2 is 2.22 bits per heavy atom. The van der Waals surface area contributed by atoms with E-state index in [1.165, 1.54) is 11.5 Å². The summed E-state index contributed by atoms with van der Waals surface area (Å²) in [5, 5.41) is 4.15. The van der Waals surface area contributed by atoms with Crippen molar-refractivity contribution in [1.29, 1.82) is 0 Å². The molecule has 1 N–H and O–H groups in total. The molecule has 1 rings (SSSR count). The van der Waals surface area contributed by atoms with Gasteiger partial charge in [-0.2, -0.15) is 4.37 Å². The molecule has 0 fully saturated rings. The Morgan fingerprint density at radius 3 is 2.83 bits per heavy atom. The number of hydrogen-bond donors (Lipinski definition) is 1. The van der Waals surface area contributed by atoms with Gasteiger partial charge in [-0.05, 0) is 32.4 Å². The second-order valence-electron chi connectivity index (χ2n) is 4.25. The number of Topliss-reactive ketones (excluding diaryl/α,β-unsaturated/α-hetero) is 1. The van der Waals surface area contributed by atoms with Crippen LogP contribution in [0.4, 0.5) is 5.00 Å². The molecule has 0 bridgehead atoms. The fraction of sp³-hybridized carbons (Fsp3) is 0.667. The van der Waals surface area contributed by atoms with Crippen LogP contribution in [0.25, 0.3) is 0 Å². The van der Waals surface area contributed by atoms with E-state index in [0.717, 1.165) is 42.5 Å². The van der Waals surface area contributed by atoms with Gasteiger partial charge in [-0.15, -0.1) is 0 Å². The summed E-state index contributed by atoms with van der Waals surface area (Å²) in [5.41, 5.74) is 1.53. The molecule has 5 nitrogen and oxygen atoms in total. The number of nitrogens with one attached hydrogen (secondary N) is 1. The second-order valence-corrected chi connectivity index (χ2v) is 5.02. The summed E-state index contributed by atoms with van der Waals surface area (Å²) < 4.78 is 9.23. The number of rotatable bonds is 8. The molecular weight excluding hydrogens is 250 g/mol. The molecule has 0 amide bonds. The highest BCUT2D eigenvalue weighted by molar-refractivity contribution is 7.10. The van der Waals surface area contributed by atoms with Gasteiger partial charge in [-0.25, -0.2) is 0 Å². The smallest absolute Gasteiger partial charge is 0.164 e. The van der Waals surface area contributed by atoms with Crippen molar-refractivity contribution in [2.24, 2.45) is 0 Å². The minimum absolute atomic E-state index is 0.0662. The number of likely N-dealkylation sites (N-methyl/N-ethyl adjacent to an activating group) is 1. The fourth-order valence-corrected chi connectivity index (χ4v) is 2.49. The number of carbonyl (C=O) groups excluding carboxylic acids is 1. The number of carbonyl (C=O) groups is 1. The first-order valence-corrected chi connectivity index (χ1v) is 6.72. The average molecular weight is 271 g/mol. The van der Waals surface area contributed by atoms with Crippen molar-refractivity contribution in [2.45, 2.75) is 13.8 Å². The van der Waals surface area contributed by atoms with Crippen LogP contribution in [0.2, 0.25) is 0 Å². The van der Waals surface area contributed by atoms with Gasteiger partial charge < -0.3 is 15.0 Å². The Balaban J connectivity index is 2.42. The number of hydrogen-bond acceptors (Lipinski definition) is 6. The summed E-state index contributed by atoms with van der Waals surface area (Å²) in [6, 6.07) is 0. The molecule has 0 spiro atoms. The van der Waals surface area contributed by atoms with Crippen LogP contribution >= 0.6 is 11.5 Å². The van der Waals surface area contributed by atoms with E-state index in [4.69, 9.17) is 4.74 Å². The zero-order valence-electron chi connectivity index (χ0n) is 11.4. The Labute approximate surface area is 112 Å². The van der Waals surface area contributed by atoms with Crippen molar-refractivity contribution in [1.82, 2.24) is 9.27 Å². The van der Waals surface area contributed by atoms with E-state index < -0.39 is 0 Å². The molecule has 1 aromatic heterocycles. The molecule has 0 aliphatic rings. The number of anilines is 1. The topological polar surface area (TPSA) is 54.5 Å². The zero-order chi connectivity index (χ0) is 13.5. The number of nitrogens with zero attached hydrogens (tertiary/aromatic N) is 2. The fourth-order valence-electron chi connectivity index (χ4n) is 1.62. The molecule has 1 aromatic rings. The quantitative estimate of drug-likeness (QED) is 0.729. The van der Waals surface area contributed by atoms with E-state index in [0.29, 0.717) is 0 Å². The Bertz CT molecular complexity index is 393. The van der Waals surface area contributed by atoms with Crippen molar-refractivity contribution in [3.8, 4) is 0 Å².